The number of phenolic OH excluding ortho intramolecular Hbond substituents is 1. The Bertz CT molecular complexity index is 454. The van der Waals surface area contributed by atoms with E-state index in [0.29, 0.717) is 11.8 Å². The van der Waals surface area contributed by atoms with Gasteiger partial charge >= 0.3 is 0 Å². The molecule has 110 valence electrons. The minimum atomic E-state index is 0.278. The van der Waals surface area contributed by atoms with Crippen molar-refractivity contribution in [2.75, 3.05) is 46.4 Å². The van der Waals surface area contributed by atoms with Crippen LogP contribution in [-0.2, 0) is 6.54 Å². The molecule has 0 unspecified atom stereocenters. The standard InChI is InChI=1S/C15H23N3O2/c1-20-14-4-2-3-12(15(14)19)9-17-10-13(11-17)18-7-5-16-6-8-18/h2-4,13,16,19H,5-11H2,1H3. The van der Waals surface area contributed by atoms with Crippen molar-refractivity contribution in [2.45, 2.75) is 12.6 Å². The number of aromatic hydroxyl groups is 1. The lowest BCUT2D eigenvalue weighted by Gasteiger charge is -2.47. The Kier molecular flexibility index (Phi) is 4.10. The second-order valence-electron chi connectivity index (χ2n) is 5.60. The normalized spacial score (nSPS) is 21.6. The Morgan fingerprint density at radius 3 is 2.75 bits per heavy atom. The molecule has 0 aliphatic carbocycles. The number of para-hydroxylation sites is 1. The lowest BCUT2D eigenvalue weighted by Crippen LogP contribution is -2.62. The zero-order valence-electron chi connectivity index (χ0n) is 12.0. The van der Waals surface area contributed by atoms with Crippen molar-refractivity contribution < 1.29 is 9.84 Å². The molecule has 0 saturated carbocycles. The van der Waals surface area contributed by atoms with Crippen molar-refractivity contribution in [3.8, 4) is 11.5 Å². The first-order valence-corrected chi connectivity index (χ1v) is 7.30. The molecule has 2 aliphatic heterocycles. The van der Waals surface area contributed by atoms with Gasteiger partial charge in [0, 0.05) is 57.4 Å². The van der Waals surface area contributed by atoms with Crippen LogP contribution in [-0.4, -0.2) is 67.3 Å². The van der Waals surface area contributed by atoms with Crippen LogP contribution >= 0.6 is 0 Å². The van der Waals surface area contributed by atoms with Gasteiger partial charge < -0.3 is 15.2 Å². The van der Waals surface area contributed by atoms with Crippen molar-refractivity contribution in [1.29, 1.82) is 0 Å². The summed E-state index contributed by atoms with van der Waals surface area (Å²) in [5.41, 5.74) is 0.947. The van der Waals surface area contributed by atoms with Crippen molar-refractivity contribution in [1.82, 2.24) is 15.1 Å². The highest BCUT2D eigenvalue weighted by Gasteiger charge is 2.32. The van der Waals surface area contributed by atoms with E-state index in [2.05, 4.69) is 15.1 Å². The first kappa shape index (κ1) is 13.7. The Hall–Kier alpha value is -1.30. The van der Waals surface area contributed by atoms with E-state index in [-0.39, 0.29) is 5.75 Å². The molecule has 2 saturated heterocycles. The number of nitrogens with one attached hydrogen (secondary N) is 1. The number of likely N-dealkylation sites (tertiary alicyclic amines) is 1. The number of benzene rings is 1. The molecular formula is C15H23N3O2. The van der Waals surface area contributed by atoms with Gasteiger partial charge in [-0.1, -0.05) is 12.1 Å². The van der Waals surface area contributed by atoms with Crippen LogP contribution in [0.1, 0.15) is 5.56 Å². The van der Waals surface area contributed by atoms with E-state index in [4.69, 9.17) is 4.74 Å². The molecule has 1 aromatic carbocycles. The van der Waals surface area contributed by atoms with Crippen LogP contribution in [0.25, 0.3) is 0 Å². The van der Waals surface area contributed by atoms with E-state index in [9.17, 15) is 5.11 Å². The SMILES string of the molecule is COc1cccc(CN2CC(N3CCNCC3)C2)c1O. The van der Waals surface area contributed by atoms with Gasteiger partial charge in [0.1, 0.15) is 0 Å². The second kappa shape index (κ2) is 5.99. The van der Waals surface area contributed by atoms with Crippen molar-refractivity contribution in [3.05, 3.63) is 23.8 Å². The van der Waals surface area contributed by atoms with Gasteiger partial charge in [-0.3, -0.25) is 9.80 Å². The molecule has 0 bridgehead atoms. The molecule has 2 fully saturated rings. The quantitative estimate of drug-likeness (QED) is 0.839. The first-order chi connectivity index (χ1) is 9.78. The third-order valence-electron chi connectivity index (χ3n) is 4.30. The smallest absolute Gasteiger partial charge is 0.162 e. The van der Waals surface area contributed by atoms with Crippen LogP contribution in [0.2, 0.25) is 0 Å². The Balaban J connectivity index is 1.53. The fourth-order valence-electron chi connectivity index (χ4n) is 3.05. The van der Waals surface area contributed by atoms with Gasteiger partial charge in [-0.2, -0.15) is 0 Å². The highest BCUT2D eigenvalue weighted by molar-refractivity contribution is 5.45. The average Bonchev–Trinajstić information content (AvgIpc) is 2.45. The summed E-state index contributed by atoms with van der Waals surface area (Å²) in [6.45, 7) is 7.51. The average molecular weight is 277 g/mol. The van der Waals surface area contributed by atoms with Gasteiger partial charge in [0.2, 0.25) is 0 Å². The molecule has 5 heteroatoms. The minimum Gasteiger partial charge on any atom is -0.504 e. The first-order valence-electron chi connectivity index (χ1n) is 7.30. The van der Waals surface area contributed by atoms with Gasteiger partial charge in [-0.25, -0.2) is 0 Å². The largest absolute Gasteiger partial charge is 0.504 e. The highest BCUT2D eigenvalue weighted by Crippen LogP contribution is 2.31. The number of hydrogen-bond donors (Lipinski definition) is 2. The van der Waals surface area contributed by atoms with Crippen LogP contribution < -0.4 is 10.1 Å². The van der Waals surface area contributed by atoms with Crippen LogP contribution in [0.5, 0.6) is 11.5 Å². The van der Waals surface area contributed by atoms with Gasteiger partial charge in [0.05, 0.1) is 7.11 Å². The Morgan fingerprint density at radius 1 is 1.30 bits per heavy atom. The second-order valence-corrected chi connectivity index (χ2v) is 5.60. The molecule has 0 atom stereocenters. The fourth-order valence-corrected chi connectivity index (χ4v) is 3.05. The minimum absolute atomic E-state index is 0.278. The molecule has 0 spiro atoms. The lowest BCUT2D eigenvalue weighted by molar-refractivity contribution is 0.0219. The number of rotatable bonds is 4. The summed E-state index contributed by atoms with van der Waals surface area (Å²) in [5, 5.41) is 13.5. The Morgan fingerprint density at radius 2 is 2.05 bits per heavy atom. The van der Waals surface area contributed by atoms with Crippen molar-refractivity contribution >= 4 is 0 Å². The molecule has 2 aliphatic rings. The monoisotopic (exact) mass is 277 g/mol. The molecule has 5 nitrogen and oxygen atoms in total. The number of piperazine rings is 1. The molecule has 20 heavy (non-hydrogen) atoms. The summed E-state index contributed by atoms with van der Waals surface area (Å²) in [6.07, 6.45) is 0. The van der Waals surface area contributed by atoms with Crippen LogP contribution in [0.4, 0.5) is 0 Å². The molecule has 3 rings (SSSR count). The van der Waals surface area contributed by atoms with E-state index in [0.717, 1.165) is 51.4 Å². The Labute approximate surface area is 120 Å². The molecule has 2 N–H and O–H groups in total. The van der Waals surface area contributed by atoms with Gasteiger partial charge in [0.25, 0.3) is 0 Å². The lowest BCUT2D eigenvalue weighted by atomic mass is 10.0. The van der Waals surface area contributed by atoms with Gasteiger partial charge in [-0.05, 0) is 6.07 Å². The molecule has 0 radical (unpaired) electrons. The summed E-state index contributed by atoms with van der Waals surface area (Å²) in [7, 11) is 1.59. The third kappa shape index (κ3) is 2.75. The third-order valence-corrected chi connectivity index (χ3v) is 4.30. The van der Waals surface area contributed by atoms with Crippen LogP contribution in [0.15, 0.2) is 18.2 Å². The predicted octanol–water partition coefficient (Wildman–Crippen LogP) is 0.490. The van der Waals surface area contributed by atoms with E-state index in [1.165, 1.54) is 0 Å². The van der Waals surface area contributed by atoms with Crippen LogP contribution in [0, 0.1) is 0 Å². The fraction of sp³-hybridized carbons (Fsp3) is 0.600. The number of ether oxygens (including phenoxy) is 1. The summed E-state index contributed by atoms with van der Waals surface area (Å²) in [4.78, 5) is 4.94. The number of methoxy groups -OCH3 is 1. The zero-order chi connectivity index (χ0) is 13.9. The number of nitrogens with zero attached hydrogens (tertiary/aromatic N) is 2. The van der Waals surface area contributed by atoms with Crippen LogP contribution in [0.3, 0.4) is 0 Å². The summed E-state index contributed by atoms with van der Waals surface area (Å²) in [5.74, 6) is 0.835. The number of hydrogen-bond acceptors (Lipinski definition) is 5. The summed E-state index contributed by atoms with van der Waals surface area (Å²) in [6, 6.07) is 6.38. The van der Waals surface area contributed by atoms with E-state index < -0.39 is 0 Å². The van der Waals surface area contributed by atoms with E-state index in [1.807, 2.05) is 12.1 Å². The van der Waals surface area contributed by atoms with Gasteiger partial charge in [-0.15, -0.1) is 0 Å². The molecular weight excluding hydrogens is 254 g/mol. The summed E-state index contributed by atoms with van der Waals surface area (Å²) < 4.78 is 5.15. The van der Waals surface area contributed by atoms with E-state index in [1.54, 1.807) is 13.2 Å². The van der Waals surface area contributed by atoms with Crippen molar-refractivity contribution in [3.63, 3.8) is 0 Å². The molecule has 2 heterocycles. The molecule has 0 aromatic heterocycles. The number of phenols is 1. The van der Waals surface area contributed by atoms with E-state index >= 15 is 0 Å². The van der Waals surface area contributed by atoms with Crippen molar-refractivity contribution in [2.24, 2.45) is 0 Å². The molecule has 0 amide bonds. The summed E-state index contributed by atoms with van der Waals surface area (Å²) >= 11 is 0. The predicted molar refractivity (Wildman–Crippen MR) is 78.2 cm³/mol. The highest BCUT2D eigenvalue weighted by atomic mass is 16.5. The maximum absolute atomic E-state index is 10.1. The molecule has 1 aromatic rings. The zero-order valence-corrected chi connectivity index (χ0v) is 12.0. The van der Waals surface area contributed by atoms with Gasteiger partial charge in [0.15, 0.2) is 11.5 Å². The maximum Gasteiger partial charge on any atom is 0.162 e. The topological polar surface area (TPSA) is 48.0 Å². The maximum atomic E-state index is 10.1.